The zero-order valence-electron chi connectivity index (χ0n) is 11.9. The van der Waals surface area contributed by atoms with Crippen molar-refractivity contribution in [2.75, 3.05) is 6.54 Å². The van der Waals surface area contributed by atoms with Gasteiger partial charge in [0.05, 0.1) is 6.04 Å². The summed E-state index contributed by atoms with van der Waals surface area (Å²) in [7, 11) is 0. The number of carbonyl (C=O) groups excluding carboxylic acids is 1. The van der Waals surface area contributed by atoms with E-state index in [0.29, 0.717) is 24.7 Å². The Bertz CT molecular complexity index is 597. The summed E-state index contributed by atoms with van der Waals surface area (Å²) in [5.74, 6) is 0.754. The second-order valence-corrected chi connectivity index (χ2v) is 4.66. The minimum Gasteiger partial charge on any atom is -0.339 e. The quantitative estimate of drug-likeness (QED) is 0.884. The van der Waals surface area contributed by atoms with Crippen LogP contribution in [-0.4, -0.2) is 22.7 Å². The summed E-state index contributed by atoms with van der Waals surface area (Å²) in [6.45, 7) is 3.95. The third kappa shape index (κ3) is 4.55. The monoisotopic (exact) mass is 292 g/mol. The van der Waals surface area contributed by atoms with Gasteiger partial charge < -0.3 is 15.2 Å². The molecule has 0 fully saturated rings. The number of hydrogen-bond donors (Lipinski definition) is 2. The van der Waals surface area contributed by atoms with Crippen molar-refractivity contribution in [2.45, 2.75) is 26.3 Å². The van der Waals surface area contributed by atoms with E-state index in [4.69, 9.17) is 4.52 Å². The summed E-state index contributed by atoms with van der Waals surface area (Å²) < 4.78 is 17.8. The first kappa shape index (κ1) is 15.0. The van der Waals surface area contributed by atoms with Crippen LogP contribution in [0.1, 0.15) is 30.2 Å². The molecule has 1 aromatic heterocycles. The molecule has 0 aliphatic carbocycles. The summed E-state index contributed by atoms with van der Waals surface area (Å²) in [5.41, 5.74) is 0.832. The Hall–Kier alpha value is -2.44. The zero-order valence-corrected chi connectivity index (χ0v) is 11.9. The van der Waals surface area contributed by atoms with Gasteiger partial charge in [-0.25, -0.2) is 9.18 Å². The lowest BCUT2D eigenvalue weighted by Crippen LogP contribution is -2.38. The maximum absolute atomic E-state index is 12.8. The molecule has 2 aromatic rings. The van der Waals surface area contributed by atoms with Gasteiger partial charge in [0.15, 0.2) is 5.82 Å². The van der Waals surface area contributed by atoms with Gasteiger partial charge in [0.25, 0.3) is 0 Å². The normalized spacial score (nSPS) is 12.0. The molecule has 1 unspecified atom stereocenters. The minimum atomic E-state index is -0.303. The molecule has 1 atom stereocenters. The first-order valence-corrected chi connectivity index (χ1v) is 6.63. The molecule has 7 heteroatoms. The van der Waals surface area contributed by atoms with Gasteiger partial charge in [-0.2, -0.15) is 4.98 Å². The van der Waals surface area contributed by atoms with E-state index in [1.165, 1.54) is 12.1 Å². The highest BCUT2D eigenvalue weighted by Crippen LogP contribution is 2.12. The van der Waals surface area contributed by atoms with Crippen molar-refractivity contribution >= 4 is 6.03 Å². The summed E-state index contributed by atoms with van der Waals surface area (Å²) in [4.78, 5) is 15.8. The van der Waals surface area contributed by atoms with E-state index >= 15 is 0 Å². The van der Waals surface area contributed by atoms with E-state index in [9.17, 15) is 9.18 Å². The van der Waals surface area contributed by atoms with E-state index in [1.54, 1.807) is 19.1 Å². The fourth-order valence-corrected chi connectivity index (χ4v) is 1.81. The van der Waals surface area contributed by atoms with Crippen molar-refractivity contribution < 1.29 is 13.7 Å². The number of carbonyl (C=O) groups is 1. The van der Waals surface area contributed by atoms with Crippen molar-refractivity contribution in [1.29, 1.82) is 0 Å². The molecule has 2 N–H and O–H groups in total. The van der Waals surface area contributed by atoms with Crippen LogP contribution in [0, 0.1) is 12.7 Å². The van der Waals surface area contributed by atoms with Gasteiger partial charge in [0, 0.05) is 13.0 Å². The molecule has 0 aliphatic heterocycles. The lowest BCUT2D eigenvalue weighted by molar-refractivity contribution is 0.237. The van der Waals surface area contributed by atoms with Gasteiger partial charge >= 0.3 is 6.03 Å². The van der Waals surface area contributed by atoms with Crippen LogP contribution < -0.4 is 10.6 Å². The molecule has 21 heavy (non-hydrogen) atoms. The Labute approximate surface area is 121 Å². The Morgan fingerprint density at radius 2 is 2.10 bits per heavy atom. The average Bonchev–Trinajstić information content (AvgIpc) is 2.85. The van der Waals surface area contributed by atoms with Crippen molar-refractivity contribution in [3.8, 4) is 0 Å². The van der Waals surface area contributed by atoms with E-state index in [2.05, 4.69) is 20.8 Å². The zero-order chi connectivity index (χ0) is 15.2. The Balaban J connectivity index is 1.75. The largest absolute Gasteiger partial charge is 0.339 e. The van der Waals surface area contributed by atoms with Crippen LogP contribution in [0.15, 0.2) is 28.8 Å². The molecule has 0 spiro atoms. The van der Waals surface area contributed by atoms with Crippen LogP contribution in [0.25, 0.3) is 0 Å². The number of aromatic nitrogens is 2. The smallest absolute Gasteiger partial charge is 0.315 e. The maximum Gasteiger partial charge on any atom is 0.315 e. The van der Waals surface area contributed by atoms with E-state index in [0.717, 1.165) is 5.56 Å². The first-order valence-electron chi connectivity index (χ1n) is 6.63. The van der Waals surface area contributed by atoms with Crippen molar-refractivity contribution in [3.63, 3.8) is 0 Å². The fourth-order valence-electron chi connectivity index (χ4n) is 1.81. The van der Waals surface area contributed by atoms with Crippen molar-refractivity contribution in [2.24, 2.45) is 0 Å². The van der Waals surface area contributed by atoms with E-state index in [1.807, 2.05) is 6.92 Å². The van der Waals surface area contributed by atoms with Gasteiger partial charge in [-0.3, -0.25) is 0 Å². The van der Waals surface area contributed by atoms with Crippen LogP contribution in [0.4, 0.5) is 9.18 Å². The van der Waals surface area contributed by atoms with Crippen LogP contribution >= 0.6 is 0 Å². The van der Waals surface area contributed by atoms with Gasteiger partial charge in [-0.05, 0) is 31.5 Å². The molecule has 0 aliphatic rings. The predicted octanol–water partition coefficient (Wildman–Crippen LogP) is 2.12. The number of amides is 2. The van der Waals surface area contributed by atoms with Gasteiger partial charge in [-0.1, -0.05) is 17.3 Å². The minimum absolute atomic E-state index is 0.212. The van der Waals surface area contributed by atoms with Crippen molar-refractivity contribution in [1.82, 2.24) is 20.8 Å². The van der Waals surface area contributed by atoms with Gasteiger partial charge in [0.2, 0.25) is 5.89 Å². The molecular formula is C14H17FN4O2. The molecule has 1 heterocycles. The summed E-state index contributed by atoms with van der Waals surface area (Å²) >= 11 is 0. The molecule has 112 valence electrons. The molecule has 1 aromatic carbocycles. The Morgan fingerprint density at radius 1 is 1.38 bits per heavy atom. The first-order chi connectivity index (χ1) is 10.0. The lowest BCUT2D eigenvalue weighted by atomic mass is 10.1. The van der Waals surface area contributed by atoms with Gasteiger partial charge in [-0.15, -0.1) is 0 Å². The average molecular weight is 292 g/mol. The number of hydrogen-bond acceptors (Lipinski definition) is 4. The Kier molecular flexibility index (Phi) is 4.86. The summed E-state index contributed by atoms with van der Waals surface area (Å²) in [6.07, 6.45) is 0.471. The van der Waals surface area contributed by atoms with Crippen LogP contribution in [0.2, 0.25) is 0 Å². The molecule has 2 amide bonds. The molecule has 6 nitrogen and oxygen atoms in total. The third-order valence-corrected chi connectivity index (χ3v) is 2.91. The second kappa shape index (κ2) is 6.83. The number of aryl methyl sites for hydroxylation is 1. The standard InChI is InChI=1S/C14H17FN4O2/c1-9(11-3-5-12(15)6-4-11)17-14(20)16-8-7-13-18-10(2)19-21-13/h3-6,9H,7-8H2,1-2H3,(H2,16,17,20). The molecule has 0 radical (unpaired) electrons. The van der Waals surface area contributed by atoms with Crippen LogP contribution in [0.3, 0.4) is 0 Å². The van der Waals surface area contributed by atoms with Crippen LogP contribution in [0.5, 0.6) is 0 Å². The van der Waals surface area contributed by atoms with E-state index in [-0.39, 0.29) is 17.9 Å². The third-order valence-electron chi connectivity index (χ3n) is 2.91. The molecule has 2 rings (SSSR count). The maximum atomic E-state index is 12.8. The Morgan fingerprint density at radius 3 is 2.71 bits per heavy atom. The van der Waals surface area contributed by atoms with Gasteiger partial charge in [0.1, 0.15) is 5.82 Å². The van der Waals surface area contributed by atoms with Crippen LogP contribution in [-0.2, 0) is 6.42 Å². The number of benzene rings is 1. The lowest BCUT2D eigenvalue weighted by Gasteiger charge is -2.14. The van der Waals surface area contributed by atoms with Crippen molar-refractivity contribution in [3.05, 3.63) is 47.4 Å². The highest BCUT2D eigenvalue weighted by atomic mass is 19.1. The fraction of sp³-hybridized carbons (Fsp3) is 0.357. The number of rotatable bonds is 5. The summed E-state index contributed by atoms with van der Waals surface area (Å²) in [6, 6.07) is 5.50. The molecular weight excluding hydrogens is 275 g/mol. The number of urea groups is 1. The number of nitrogens with zero attached hydrogens (tertiary/aromatic N) is 2. The predicted molar refractivity (Wildman–Crippen MR) is 74.1 cm³/mol. The second-order valence-electron chi connectivity index (χ2n) is 4.66. The molecule has 0 bridgehead atoms. The van der Waals surface area contributed by atoms with E-state index < -0.39 is 0 Å². The molecule has 0 saturated heterocycles. The summed E-state index contributed by atoms with van der Waals surface area (Å²) in [5, 5.41) is 9.13. The highest BCUT2D eigenvalue weighted by Gasteiger charge is 2.09. The topological polar surface area (TPSA) is 80.0 Å². The highest BCUT2D eigenvalue weighted by molar-refractivity contribution is 5.74. The molecule has 0 saturated carbocycles. The number of nitrogens with one attached hydrogen (secondary N) is 2. The number of halogens is 1. The SMILES string of the molecule is Cc1noc(CCNC(=O)NC(C)c2ccc(F)cc2)n1.